The number of aryl methyl sites for hydroxylation is 1. The van der Waals surface area contributed by atoms with Crippen LogP contribution in [0.3, 0.4) is 0 Å². The first kappa shape index (κ1) is 17.3. The lowest BCUT2D eigenvalue weighted by Gasteiger charge is -2.07. The van der Waals surface area contributed by atoms with E-state index in [9.17, 15) is 4.39 Å². The lowest BCUT2D eigenvalue weighted by Crippen LogP contribution is -2.04. The molecule has 0 unspecified atom stereocenters. The highest BCUT2D eigenvalue weighted by Gasteiger charge is 2.03. The molecule has 8 heteroatoms. The fraction of sp³-hybridized carbons (Fsp3) is 0.250. The number of nitrogens with zero attached hydrogens (tertiary/aromatic N) is 3. The summed E-state index contributed by atoms with van der Waals surface area (Å²) in [5, 5.41) is 6.35. The molecule has 2 rings (SSSR count). The minimum Gasteiger partial charge on any atom is -0.494 e. The van der Waals surface area contributed by atoms with Crippen LogP contribution in [-0.4, -0.2) is 23.7 Å². The zero-order valence-electron chi connectivity index (χ0n) is 13.4. The first-order valence-electron chi connectivity index (χ1n) is 7.26. The van der Waals surface area contributed by atoms with Gasteiger partial charge in [0.05, 0.1) is 19.5 Å². The number of halogens is 1. The highest BCUT2D eigenvalue weighted by Crippen LogP contribution is 2.16. The van der Waals surface area contributed by atoms with Crippen LogP contribution >= 0.6 is 0 Å². The van der Waals surface area contributed by atoms with Crippen molar-refractivity contribution in [2.24, 2.45) is 5.11 Å². The Morgan fingerprint density at radius 1 is 1.38 bits per heavy atom. The molecular formula is C16H18FN5O2. The molecule has 0 radical (unpaired) electrons. The molecule has 24 heavy (non-hydrogen) atoms. The van der Waals surface area contributed by atoms with Gasteiger partial charge in [-0.3, -0.25) is 0 Å². The summed E-state index contributed by atoms with van der Waals surface area (Å²) in [4.78, 5) is 7.91. The lowest BCUT2D eigenvalue weighted by molar-refractivity contribution is 0.317. The van der Waals surface area contributed by atoms with Crippen LogP contribution < -0.4 is 14.8 Å². The Bertz CT molecular complexity index is 719. The maximum absolute atomic E-state index is 13.5. The molecule has 0 aliphatic heterocycles. The van der Waals surface area contributed by atoms with Gasteiger partial charge in [0.1, 0.15) is 18.1 Å². The van der Waals surface area contributed by atoms with Crippen molar-refractivity contribution in [1.29, 1.82) is 5.53 Å². The molecule has 0 saturated heterocycles. The monoisotopic (exact) mass is 331 g/mol. The molecule has 2 N–H and O–H groups in total. The van der Waals surface area contributed by atoms with Crippen molar-refractivity contribution >= 4 is 5.69 Å². The number of benzene rings is 1. The van der Waals surface area contributed by atoms with E-state index in [0.29, 0.717) is 29.1 Å². The molecule has 2 aromatic rings. The Kier molecular flexibility index (Phi) is 6.18. The normalized spacial score (nSPS) is 11.0. The van der Waals surface area contributed by atoms with E-state index in [1.165, 1.54) is 31.8 Å². The molecule has 0 fully saturated rings. The molecule has 0 aliphatic rings. The predicted molar refractivity (Wildman–Crippen MR) is 86.7 cm³/mol. The first-order valence-corrected chi connectivity index (χ1v) is 7.26. The highest BCUT2D eigenvalue weighted by atomic mass is 19.1. The van der Waals surface area contributed by atoms with Gasteiger partial charge in [0, 0.05) is 11.9 Å². The van der Waals surface area contributed by atoms with E-state index in [1.807, 2.05) is 6.92 Å². The third kappa shape index (κ3) is 4.73. The Hall–Kier alpha value is -3.03. The Labute approximate surface area is 139 Å². The van der Waals surface area contributed by atoms with Gasteiger partial charge >= 0.3 is 6.01 Å². The van der Waals surface area contributed by atoms with E-state index in [1.54, 1.807) is 12.1 Å². The van der Waals surface area contributed by atoms with Crippen molar-refractivity contribution < 1.29 is 13.9 Å². The van der Waals surface area contributed by atoms with Gasteiger partial charge in [-0.1, -0.05) is 6.92 Å². The summed E-state index contributed by atoms with van der Waals surface area (Å²) >= 11 is 0. The Morgan fingerprint density at radius 2 is 2.12 bits per heavy atom. The average molecular weight is 331 g/mol. The summed E-state index contributed by atoms with van der Waals surface area (Å²) < 4.78 is 23.8. The molecular weight excluding hydrogens is 313 g/mol. The molecule has 0 bridgehead atoms. The highest BCUT2D eigenvalue weighted by molar-refractivity contribution is 5.48. The van der Waals surface area contributed by atoms with Crippen LogP contribution in [0.1, 0.15) is 12.5 Å². The molecule has 0 spiro atoms. The van der Waals surface area contributed by atoms with E-state index >= 15 is 0 Å². The summed E-state index contributed by atoms with van der Waals surface area (Å²) in [7, 11) is 1.52. The standard InChI is InChI=1S/C16H18FN5O2/c1-3-11-6-12(4-5-15(11)17)19-7-13(22-18)10-24-16-20-8-14(23-2)9-21-16/h4-9,18-19H,3,10H2,1-2H3/b13-7-,22-18?. The summed E-state index contributed by atoms with van der Waals surface area (Å²) in [6.45, 7) is 1.90. The summed E-state index contributed by atoms with van der Waals surface area (Å²) in [6, 6.07) is 4.87. The number of hydrogen-bond acceptors (Lipinski definition) is 7. The van der Waals surface area contributed by atoms with E-state index in [4.69, 9.17) is 15.0 Å². The van der Waals surface area contributed by atoms with Crippen LogP contribution in [0.4, 0.5) is 10.1 Å². The van der Waals surface area contributed by atoms with Crippen molar-refractivity contribution in [2.75, 3.05) is 19.0 Å². The largest absolute Gasteiger partial charge is 0.494 e. The van der Waals surface area contributed by atoms with E-state index in [-0.39, 0.29) is 18.4 Å². The summed E-state index contributed by atoms with van der Waals surface area (Å²) in [5.74, 6) is 0.283. The lowest BCUT2D eigenvalue weighted by atomic mass is 10.1. The molecule has 0 atom stereocenters. The molecule has 0 amide bonds. The van der Waals surface area contributed by atoms with Crippen LogP contribution in [0.15, 0.2) is 47.6 Å². The van der Waals surface area contributed by atoms with Gasteiger partial charge in [-0.2, -0.15) is 15.1 Å². The zero-order chi connectivity index (χ0) is 17.4. The number of ether oxygens (including phenoxy) is 2. The fourth-order valence-corrected chi connectivity index (χ4v) is 1.83. The second-order valence-corrected chi connectivity index (χ2v) is 4.75. The Morgan fingerprint density at radius 3 is 2.75 bits per heavy atom. The number of anilines is 1. The van der Waals surface area contributed by atoms with Gasteiger partial charge in [-0.05, 0) is 30.2 Å². The molecule has 0 saturated carbocycles. The van der Waals surface area contributed by atoms with Crippen molar-refractivity contribution in [2.45, 2.75) is 13.3 Å². The summed E-state index contributed by atoms with van der Waals surface area (Å²) in [5.41, 5.74) is 8.83. The van der Waals surface area contributed by atoms with E-state index in [2.05, 4.69) is 20.4 Å². The SMILES string of the molecule is CCc1cc(N/C=C(/COc2ncc(OC)cn2)N=N)ccc1F. The zero-order valence-corrected chi connectivity index (χ0v) is 13.4. The molecule has 126 valence electrons. The van der Waals surface area contributed by atoms with Crippen molar-refractivity contribution in [1.82, 2.24) is 9.97 Å². The number of hydrogen-bond donors (Lipinski definition) is 2. The van der Waals surface area contributed by atoms with E-state index in [0.717, 1.165) is 0 Å². The molecule has 0 aliphatic carbocycles. The van der Waals surface area contributed by atoms with Gasteiger partial charge in [-0.25, -0.2) is 9.92 Å². The van der Waals surface area contributed by atoms with Gasteiger partial charge < -0.3 is 14.8 Å². The van der Waals surface area contributed by atoms with Gasteiger partial charge in [0.2, 0.25) is 0 Å². The molecule has 1 aromatic heterocycles. The van der Waals surface area contributed by atoms with Gasteiger partial charge in [0.25, 0.3) is 0 Å². The van der Waals surface area contributed by atoms with Crippen LogP contribution in [0, 0.1) is 11.3 Å². The fourth-order valence-electron chi connectivity index (χ4n) is 1.83. The number of nitrogens with one attached hydrogen (secondary N) is 2. The quantitative estimate of drug-likeness (QED) is 0.722. The maximum Gasteiger partial charge on any atom is 0.316 e. The van der Waals surface area contributed by atoms with Crippen molar-refractivity contribution in [3.8, 4) is 11.8 Å². The second-order valence-electron chi connectivity index (χ2n) is 4.75. The maximum atomic E-state index is 13.5. The average Bonchev–Trinajstić information content (AvgIpc) is 2.63. The molecule has 1 aromatic carbocycles. The van der Waals surface area contributed by atoms with Gasteiger partial charge in [0.15, 0.2) is 5.75 Å². The third-order valence-corrected chi connectivity index (χ3v) is 3.16. The van der Waals surface area contributed by atoms with Crippen LogP contribution in [0.2, 0.25) is 0 Å². The van der Waals surface area contributed by atoms with E-state index < -0.39 is 0 Å². The third-order valence-electron chi connectivity index (χ3n) is 3.16. The summed E-state index contributed by atoms with van der Waals surface area (Å²) in [6.07, 6.45) is 5.07. The van der Waals surface area contributed by atoms with Gasteiger partial charge in [-0.15, -0.1) is 0 Å². The number of aromatic nitrogens is 2. The van der Waals surface area contributed by atoms with Crippen LogP contribution in [0.5, 0.6) is 11.8 Å². The second kappa shape index (κ2) is 8.56. The number of rotatable bonds is 8. The number of methoxy groups -OCH3 is 1. The minimum absolute atomic E-state index is 0.0185. The molecule has 7 nitrogen and oxygen atoms in total. The predicted octanol–water partition coefficient (Wildman–Crippen LogP) is 3.55. The van der Waals surface area contributed by atoms with Crippen molar-refractivity contribution in [3.63, 3.8) is 0 Å². The topological polar surface area (TPSA) is 92.5 Å². The first-order chi connectivity index (χ1) is 11.7. The minimum atomic E-state index is -0.239. The van der Waals surface area contributed by atoms with Crippen LogP contribution in [0.25, 0.3) is 0 Å². The van der Waals surface area contributed by atoms with Crippen molar-refractivity contribution in [3.05, 3.63) is 53.9 Å². The Balaban J connectivity index is 1.97. The van der Waals surface area contributed by atoms with Crippen LogP contribution in [-0.2, 0) is 6.42 Å². The smallest absolute Gasteiger partial charge is 0.316 e. The molecule has 1 heterocycles.